The van der Waals surface area contributed by atoms with Crippen LogP contribution in [0.1, 0.15) is 11.3 Å². The lowest BCUT2D eigenvalue weighted by atomic mass is 10.0. The van der Waals surface area contributed by atoms with Crippen LogP contribution in [0, 0.1) is 0 Å². The third-order valence-corrected chi connectivity index (χ3v) is 5.49. The minimum atomic E-state index is 0.758. The van der Waals surface area contributed by atoms with Gasteiger partial charge in [-0.1, -0.05) is 30.3 Å². The van der Waals surface area contributed by atoms with Crippen LogP contribution in [0.2, 0.25) is 0 Å². The molecule has 5 nitrogen and oxygen atoms in total. The lowest BCUT2D eigenvalue weighted by molar-refractivity contribution is 0.696. The molecule has 0 unspecified atom stereocenters. The van der Waals surface area contributed by atoms with E-state index < -0.39 is 0 Å². The minimum Gasteiger partial charge on any atom is -0.350 e. The monoisotopic (exact) mass is 345 g/mol. The molecule has 3 aromatic heterocycles. The smallest absolute Gasteiger partial charge is 0.141 e. The summed E-state index contributed by atoms with van der Waals surface area (Å²) in [4.78, 5) is 21.0. The first-order valence-corrected chi connectivity index (χ1v) is 9.08. The van der Waals surface area contributed by atoms with Crippen molar-refractivity contribution in [1.82, 2.24) is 19.9 Å². The molecule has 0 N–H and O–H groups in total. The summed E-state index contributed by atoms with van der Waals surface area (Å²) < 4.78 is 0. The lowest BCUT2D eigenvalue weighted by Gasteiger charge is -2.29. The van der Waals surface area contributed by atoms with Crippen LogP contribution >= 0.6 is 11.3 Å². The van der Waals surface area contributed by atoms with Gasteiger partial charge in [0.1, 0.15) is 23.3 Å². The average molecular weight is 345 g/mol. The van der Waals surface area contributed by atoms with E-state index in [9.17, 15) is 0 Å². The van der Waals surface area contributed by atoms with Crippen LogP contribution in [0.15, 0.2) is 54.6 Å². The summed E-state index contributed by atoms with van der Waals surface area (Å²) >= 11 is 1.67. The van der Waals surface area contributed by atoms with Gasteiger partial charge in [0.15, 0.2) is 0 Å². The predicted octanol–water partition coefficient (Wildman–Crippen LogP) is 3.71. The Labute approximate surface area is 149 Å². The number of benzene rings is 1. The Morgan fingerprint density at radius 3 is 2.84 bits per heavy atom. The van der Waals surface area contributed by atoms with E-state index in [0.717, 1.165) is 41.2 Å². The normalized spacial score (nSPS) is 13.8. The fourth-order valence-electron chi connectivity index (χ4n) is 3.36. The molecule has 1 aromatic carbocycles. The topological polar surface area (TPSA) is 54.8 Å². The minimum absolute atomic E-state index is 0.758. The Morgan fingerprint density at radius 1 is 1.00 bits per heavy atom. The van der Waals surface area contributed by atoms with Crippen LogP contribution in [0.3, 0.4) is 0 Å². The van der Waals surface area contributed by atoms with Crippen molar-refractivity contribution in [3.05, 3.63) is 65.8 Å². The molecule has 0 saturated heterocycles. The molecule has 1 aliphatic rings. The number of hydrogen-bond acceptors (Lipinski definition) is 6. The van der Waals surface area contributed by atoms with Crippen LogP contribution in [0.25, 0.3) is 21.3 Å². The Balaban J connectivity index is 1.64. The zero-order valence-corrected chi connectivity index (χ0v) is 14.3. The molecule has 0 bridgehead atoms. The third-order valence-electron chi connectivity index (χ3n) is 4.61. The van der Waals surface area contributed by atoms with Crippen molar-refractivity contribution in [2.45, 2.75) is 13.0 Å². The molecule has 4 aromatic rings. The maximum atomic E-state index is 4.64. The first-order valence-electron chi connectivity index (χ1n) is 8.20. The first-order chi connectivity index (χ1) is 12.4. The van der Waals surface area contributed by atoms with Gasteiger partial charge in [-0.2, -0.15) is 0 Å². The van der Waals surface area contributed by atoms with E-state index in [1.165, 1.54) is 16.7 Å². The second kappa shape index (κ2) is 5.89. The van der Waals surface area contributed by atoms with Crippen molar-refractivity contribution >= 4 is 27.4 Å². The second-order valence-electron chi connectivity index (χ2n) is 6.06. The van der Waals surface area contributed by atoms with E-state index in [4.69, 9.17) is 0 Å². The van der Waals surface area contributed by atoms with E-state index in [1.807, 2.05) is 12.3 Å². The van der Waals surface area contributed by atoms with Crippen LogP contribution in [0.5, 0.6) is 0 Å². The van der Waals surface area contributed by atoms with Crippen molar-refractivity contribution in [1.29, 1.82) is 0 Å². The zero-order valence-electron chi connectivity index (χ0n) is 13.5. The van der Waals surface area contributed by atoms with Gasteiger partial charge in [-0.3, -0.25) is 0 Å². The molecular weight excluding hydrogens is 330 g/mol. The Kier molecular flexibility index (Phi) is 3.41. The molecule has 0 fully saturated rings. The summed E-state index contributed by atoms with van der Waals surface area (Å²) in [5, 5.41) is 3.31. The Hall–Kier alpha value is -2.86. The summed E-state index contributed by atoms with van der Waals surface area (Å²) in [7, 11) is 0. The second-order valence-corrected chi connectivity index (χ2v) is 6.92. The summed E-state index contributed by atoms with van der Waals surface area (Å²) in [5.74, 6) is 0.995. The van der Waals surface area contributed by atoms with Crippen molar-refractivity contribution in [3.63, 3.8) is 0 Å². The number of aromatic nitrogens is 4. The molecule has 0 radical (unpaired) electrons. The van der Waals surface area contributed by atoms with Gasteiger partial charge in [-0.25, -0.2) is 19.9 Å². The van der Waals surface area contributed by atoms with Crippen LogP contribution in [-0.4, -0.2) is 26.5 Å². The summed E-state index contributed by atoms with van der Waals surface area (Å²) in [5.41, 5.74) is 4.72. The standard InChI is InChI=1S/C19H15N5S/c1-2-4-13(5-3-1)15-10-25-19-17(15)18(22-12-23-19)24-7-6-14-8-20-11-21-16(14)9-24/h1-5,8,10-12H,6-7,9H2. The number of nitrogens with zero attached hydrogens (tertiary/aromatic N) is 5. The molecule has 0 atom stereocenters. The van der Waals surface area contributed by atoms with Crippen molar-refractivity contribution < 1.29 is 0 Å². The van der Waals surface area contributed by atoms with Gasteiger partial charge in [0.2, 0.25) is 0 Å². The highest BCUT2D eigenvalue weighted by Crippen LogP contribution is 2.38. The largest absolute Gasteiger partial charge is 0.350 e. The van der Waals surface area contributed by atoms with Gasteiger partial charge in [0.05, 0.1) is 17.6 Å². The van der Waals surface area contributed by atoms with Gasteiger partial charge in [0.25, 0.3) is 0 Å². The molecule has 0 aliphatic carbocycles. The fourth-order valence-corrected chi connectivity index (χ4v) is 4.27. The highest BCUT2D eigenvalue weighted by molar-refractivity contribution is 7.17. The molecule has 122 valence electrons. The number of hydrogen-bond donors (Lipinski definition) is 0. The maximum absolute atomic E-state index is 4.64. The van der Waals surface area contributed by atoms with Gasteiger partial charge in [-0.15, -0.1) is 11.3 Å². The van der Waals surface area contributed by atoms with E-state index in [2.05, 4.69) is 54.5 Å². The molecule has 25 heavy (non-hydrogen) atoms. The summed E-state index contributed by atoms with van der Waals surface area (Å²) in [6.45, 7) is 1.67. The van der Waals surface area contributed by atoms with Gasteiger partial charge in [0, 0.05) is 23.7 Å². The van der Waals surface area contributed by atoms with Gasteiger partial charge >= 0.3 is 0 Å². The Morgan fingerprint density at radius 2 is 1.92 bits per heavy atom. The first kappa shape index (κ1) is 14.5. The van der Waals surface area contributed by atoms with E-state index in [0.29, 0.717) is 0 Å². The molecule has 0 saturated carbocycles. The van der Waals surface area contributed by atoms with Crippen LogP contribution < -0.4 is 4.90 Å². The van der Waals surface area contributed by atoms with Crippen molar-refractivity contribution in [3.8, 4) is 11.1 Å². The molecule has 0 spiro atoms. The molecule has 6 heteroatoms. The number of thiophene rings is 1. The number of fused-ring (bicyclic) bond motifs is 2. The van der Waals surface area contributed by atoms with Gasteiger partial charge < -0.3 is 4.90 Å². The van der Waals surface area contributed by atoms with E-state index in [1.54, 1.807) is 24.0 Å². The number of rotatable bonds is 2. The highest BCUT2D eigenvalue weighted by Gasteiger charge is 2.22. The fraction of sp³-hybridized carbons (Fsp3) is 0.158. The predicted molar refractivity (Wildman–Crippen MR) is 99.6 cm³/mol. The van der Waals surface area contributed by atoms with Crippen molar-refractivity contribution in [2.24, 2.45) is 0 Å². The molecule has 5 rings (SSSR count). The molecule has 0 amide bonds. The quantitative estimate of drug-likeness (QED) is 0.554. The van der Waals surface area contributed by atoms with Gasteiger partial charge in [-0.05, 0) is 17.5 Å². The Bertz CT molecular complexity index is 1040. The summed E-state index contributed by atoms with van der Waals surface area (Å²) in [6, 6.07) is 10.4. The van der Waals surface area contributed by atoms with Crippen molar-refractivity contribution in [2.75, 3.05) is 11.4 Å². The average Bonchev–Trinajstić information content (AvgIpc) is 3.12. The highest BCUT2D eigenvalue weighted by atomic mass is 32.1. The SMILES string of the molecule is c1ccc(-c2csc3ncnc(N4CCc5cncnc5C4)c23)cc1. The van der Waals surface area contributed by atoms with Crippen LogP contribution in [-0.2, 0) is 13.0 Å². The third kappa shape index (κ3) is 2.46. The molecular formula is C19H15N5S. The van der Waals surface area contributed by atoms with E-state index in [-0.39, 0.29) is 0 Å². The van der Waals surface area contributed by atoms with E-state index >= 15 is 0 Å². The van der Waals surface area contributed by atoms with Crippen LogP contribution in [0.4, 0.5) is 5.82 Å². The molecule has 1 aliphatic heterocycles. The number of anilines is 1. The maximum Gasteiger partial charge on any atom is 0.141 e. The summed E-state index contributed by atoms with van der Waals surface area (Å²) in [6.07, 6.45) is 6.15. The zero-order chi connectivity index (χ0) is 16.6. The molecule has 4 heterocycles. The lowest BCUT2D eigenvalue weighted by Crippen LogP contribution is -2.32.